The summed E-state index contributed by atoms with van der Waals surface area (Å²) in [4.78, 5) is 15.7. The van der Waals surface area contributed by atoms with Crippen LogP contribution in [-0.4, -0.2) is 17.5 Å². The smallest absolute Gasteiger partial charge is 0.387 e. The van der Waals surface area contributed by atoms with Gasteiger partial charge in [0.1, 0.15) is 0 Å². The summed E-state index contributed by atoms with van der Waals surface area (Å²) in [5.41, 5.74) is 0.372. The Morgan fingerprint density at radius 1 is 1.29 bits per heavy atom. The third kappa shape index (κ3) is 4.19. The van der Waals surface area contributed by atoms with Gasteiger partial charge in [0.25, 0.3) is 5.91 Å². The number of hydrogen-bond donors (Lipinski definition) is 1. The Balaban J connectivity index is 2.13. The molecule has 1 heterocycles. The average molecular weight is 361 g/mol. The molecule has 0 saturated heterocycles. The molecule has 1 N–H and O–H groups in total. The lowest BCUT2D eigenvalue weighted by atomic mass is 10.2. The van der Waals surface area contributed by atoms with Crippen LogP contribution in [0.3, 0.4) is 0 Å². The van der Waals surface area contributed by atoms with E-state index in [-0.39, 0.29) is 11.3 Å². The molecule has 1 aromatic carbocycles. The number of benzene rings is 1. The van der Waals surface area contributed by atoms with Gasteiger partial charge in [-0.05, 0) is 34.1 Å². The first-order valence-corrected chi connectivity index (χ1v) is 6.41. The van der Waals surface area contributed by atoms with Crippen LogP contribution in [0.4, 0.5) is 18.9 Å². The van der Waals surface area contributed by atoms with Crippen LogP contribution in [0.5, 0.6) is 5.75 Å². The van der Waals surface area contributed by atoms with E-state index in [1.807, 2.05) is 0 Å². The first kappa shape index (κ1) is 15.3. The Bertz CT molecular complexity index is 668. The molecule has 0 aliphatic carbocycles. The zero-order valence-electron chi connectivity index (χ0n) is 10.3. The lowest BCUT2D eigenvalue weighted by molar-refractivity contribution is -0.0521. The van der Waals surface area contributed by atoms with Crippen molar-refractivity contribution in [3.8, 4) is 5.75 Å². The van der Waals surface area contributed by atoms with Gasteiger partial charge in [-0.15, -0.1) is 0 Å². The predicted molar refractivity (Wildman–Crippen MR) is 72.9 cm³/mol. The summed E-state index contributed by atoms with van der Waals surface area (Å²) < 4.78 is 42.1. The third-order valence-corrected chi connectivity index (χ3v) is 2.81. The maximum atomic E-state index is 13.5. The number of alkyl halides is 2. The number of pyridine rings is 1. The second-order valence-corrected chi connectivity index (χ2v) is 4.79. The quantitative estimate of drug-likeness (QED) is 0.901. The zero-order chi connectivity index (χ0) is 15.4. The average Bonchev–Trinajstić information content (AvgIpc) is 2.41. The minimum atomic E-state index is -3.12. The van der Waals surface area contributed by atoms with E-state index < -0.39 is 24.1 Å². The van der Waals surface area contributed by atoms with Crippen LogP contribution >= 0.6 is 15.9 Å². The molecule has 8 heteroatoms. The van der Waals surface area contributed by atoms with E-state index in [2.05, 4.69) is 31.0 Å². The summed E-state index contributed by atoms with van der Waals surface area (Å²) in [6.45, 7) is -3.12. The van der Waals surface area contributed by atoms with E-state index in [0.717, 1.165) is 12.1 Å². The van der Waals surface area contributed by atoms with Crippen molar-refractivity contribution < 1.29 is 22.7 Å². The molecule has 2 rings (SSSR count). The summed E-state index contributed by atoms with van der Waals surface area (Å²) in [5.74, 6) is -2.10. The molecule has 1 aromatic heterocycles. The number of carbonyl (C=O) groups is 1. The topological polar surface area (TPSA) is 51.2 Å². The molecule has 0 spiro atoms. The largest absolute Gasteiger partial charge is 0.432 e. The van der Waals surface area contributed by atoms with Crippen LogP contribution in [0.1, 0.15) is 10.4 Å². The van der Waals surface area contributed by atoms with Crippen LogP contribution in [-0.2, 0) is 0 Å². The van der Waals surface area contributed by atoms with Crippen molar-refractivity contribution >= 4 is 27.5 Å². The van der Waals surface area contributed by atoms with Crippen molar-refractivity contribution in [1.82, 2.24) is 4.98 Å². The predicted octanol–water partition coefficient (Wildman–Crippen LogP) is 3.84. The molecule has 0 aliphatic rings. The van der Waals surface area contributed by atoms with E-state index in [1.54, 1.807) is 0 Å². The minimum Gasteiger partial charge on any atom is -0.432 e. The number of rotatable bonds is 4. The molecule has 0 radical (unpaired) electrons. The highest BCUT2D eigenvalue weighted by atomic mass is 79.9. The number of halogens is 4. The summed E-state index contributed by atoms with van der Waals surface area (Å²) in [5, 5.41) is 2.42. The Morgan fingerprint density at radius 3 is 2.67 bits per heavy atom. The fourth-order valence-corrected chi connectivity index (χ4v) is 1.87. The van der Waals surface area contributed by atoms with Gasteiger partial charge >= 0.3 is 6.61 Å². The molecule has 0 aliphatic heterocycles. The first-order chi connectivity index (χ1) is 9.95. The molecule has 0 atom stereocenters. The number of carbonyl (C=O) groups excluding carboxylic acids is 1. The van der Waals surface area contributed by atoms with Gasteiger partial charge in [-0.3, -0.25) is 9.78 Å². The number of nitrogens with zero attached hydrogens (tertiary/aromatic N) is 1. The maximum Gasteiger partial charge on any atom is 0.387 e. The van der Waals surface area contributed by atoms with Gasteiger partial charge in [0, 0.05) is 28.6 Å². The second-order valence-electron chi connectivity index (χ2n) is 3.87. The number of hydrogen-bond acceptors (Lipinski definition) is 3. The molecule has 21 heavy (non-hydrogen) atoms. The lowest BCUT2D eigenvalue weighted by Gasteiger charge is -2.09. The molecular weight excluding hydrogens is 353 g/mol. The van der Waals surface area contributed by atoms with Crippen molar-refractivity contribution in [3.05, 3.63) is 52.5 Å². The van der Waals surface area contributed by atoms with Gasteiger partial charge in [-0.1, -0.05) is 0 Å². The first-order valence-electron chi connectivity index (χ1n) is 5.62. The van der Waals surface area contributed by atoms with Crippen molar-refractivity contribution in [2.45, 2.75) is 6.61 Å². The molecule has 4 nitrogen and oxygen atoms in total. The lowest BCUT2D eigenvalue weighted by Crippen LogP contribution is -2.12. The minimum absolute atomic E-state index is 0.110. The van der Waals surface area contributed by atoms with Gasteiger partial charge in [-0.2, -0.15) is 8.78 Å². The highest BCUT2D eigenvalue weighted by Crippen LogP contribution is 2.23. The molecule has 2 aromatic rings. The van der Waals surface area contributed by atoms with Gasteiger partial charge in [0.05, 0.1) is 5.56 Å². The van der Waals surface area contributed by atoms with Crippen molar-refractivity contribution in [1.29, 1.82) is 0 Å². The van der Waals surface area contributed by atoms with Gasteiger partial charge < -0.3 is 10.1 Å². The van der Waals surface area contributed by atoms with Crippen LogP contribution < -0.4 is 10.1 Å². The van der Waals surface area contributed by atoms with Crippen LogP contribution in [0.2, 0.25) is 0 Å². The van der Waals surface area contributed by atoms with Crippen molar-refractivity contribution in [3.63, 3.8) is 0 Å². The summed E-state index contributed by atoms with van der Waals surface area (Å²) in [6, 6.07) is 4.69. The third-order valence-electron chi connectivity index (χ3n) is 2.37. The highest BCUT2D eigenvalue weighted by molar-refractivity contribution is 9.10. The second kappa shape index (κ2) is 6.57. The Morgan fingerprint density at radius 2 is 2.05 bits per heavy atom. The molecule has 110 valence electrons. The van der Waals surface area contributed by atoms with E-state index in [4.69, 9.17) is 0 Å². The van der Waals surface area contributed by atoms with Crippen molar-refractivity contribution in [2.24, 2.45) is 0 Å². The molecular formula is C13H8BrF3N2O2. The Hall–Kier alpha value is -2.09. The van der Waals surface area contributed by atoms with E-state index in [1.165, 1.54) is 24.5 Å². The normalized spacial score (nSPS) is 10.5. The monoisotopic (exact) mass is 360 g/mol. The SMILES string of the molecule is O=C(Nc1ccc(OC(F)F)c(F)c1)c1cncc(Br)c1. The number of amides is 1. The summed E-state index contributed by atoms with van der Waals surface area (Å²) in [6.07, 6.45) is 2.84. The fourth-order valence-electron chi connectivity index (χ4n) is 1.51. The number of nitrogens with one attached hydrogen (secondary N) is 1. The number of anilines is 1. The molecule has 0 unspecified atom stereocenters. The number of aromatic nitrogens is 1. The standard InChI is InChI=1S/C13H8BrF3N2O2/c14-8-3-7(5-18-6-8)12(20)19-9-1-2-11(10(15)4-9)21-13(16)17/h1-6,13H,(H,19,20). The van der Waals surface area contributed by atoms with Crippen molar-refractivity contribution in [2.75, 3.05) is 5.32 Å². The van der Waals surface area contributed by atoms with Crippen LogP contribution in [0.15, 0.2) is 41.1 Å². The number of ether oxygens (including phenoxy) is 1. The van der Waals surface area contributed by atoms with Gasteiger partial charge in [-0.25, -0.2) is 4.39 Å². The summed E-state index contributed by atoms with van der Waals surface area (Å²) in [7, 11) is 0. The Labute approximate surface area is 126 Å². The Kier molecular flexibility index (Phi) is 4.79. The molecule has 0 bridgehead atoms. The van der Waals surface area contributed by atoms with E-state index in [9.17, 15) is 18.0 Å². The zero-order valence-corrected chi connectivity index (χ0v) is 11.9. The summed E-state index contributed by atoms with van der Waals surface area (Å²) >= 11 is 3.17. The fraction of sp³-hybridized carbons (Fsp3) is 0.0769. The maximum absolute atomic E-state index is 13.5. The van der Waals surface area contributed by atoms with E-state index in [0.29, 0.717) is 4.47 Å². The molecule has 0 fully saturated rings. The van der Waals surface area contributed by atoms with Crippen LogP contribution in [0, 0.1) is 5.82 Å². The van der Waals surface area contributed by atoms with Gasteiger partial charge in [0.2, 0.25) is 0 Å². The molecule has 1 amide bonds. The highest BCUT2D eigenvalue weighted by Gasteiger charge is 2.12. The molecule has 0 saturated carbocycles. The van der Waals surface area contributed by atoms with Gasteiger partial charge in [0.15, 0.2) is 11.6 Å². The van der Waals surface area contributed by atoms with E-state index >= 15 is 0 Å². The van der Waals surface area contributed by atoms with Crippen LogP contribution in [0.25, 0.3) is 0 Å².